The second-order valence-electron chi connectivity index (χ2n) is 7.73. The Labute approximate surface area is 192 Å². The molecule has 4 rings (SSSR count). The van der Waals surface area contributed by atoms with Gasteiger partial charge in [-0.1, -0.05) is 0 Å². The molecule has 5 nitrogen and oxygen atoms in total. The van der Waals surface area contributed by atoms with Gasteiger partial charge in [-0.2, -0.15) is 17.5 Å². The second-order valence-corrected chi connectivity index (χ2v) is 10.6. The van der Waals surface area contributed by atoms with Crippen LogP contribution in [0.3, 0.4) is 0 Å². The number of alkyl halides is 3. The number of carbonyl (C=O) groups excluding carboxylic acids is 1. The Morgan fingerprint density at radius 1 is 1.00 bits per heavy atom. The van der Waals surface area contributed by atoms with E-state index in [4.69, 9.17) is 0 Å². The molecule has 0 unspecified atom stereocenters. The molecule has 2 heterocycles. The van der Waals surface area contributed by atoms with Crippen molar-refractivity contribution in [3.63, 3.8) is 0 Å². The van der Waals surface area contributed by atoms with Crippen molar-refractivity contribution in [1.82, 2.24) is 9.21 Å². The number of halogens is 4. The number of sulfonamides is 1. The van der Waals surface area contributed by atoms with Crippen LogP contribution in [0.5, 0.6) is 0 Å². The van der Waals surface area contributed by atoms with E-state index in [1.165, 1.54) is 27.8 Å². The minimum absolute atomic E-state index is 0.105. The highest BCUT2D eigenvalue weighted by molar-refractivity contribution is 7.89. The number of carbonyl (C=O) groups is 1. The highest BCUT2D eigenvalue weighted by Crippen LogP contribution is 2.31. The molecule has 11 heteroatoms. The maximum Gasteiger partial charge on any atom is 0.416 e. The van der Waals surface area contributed by atoms with Crippen molar-refractivity contribution in [2.24, 2.45) is 0 Å². The number of benzene rings is 2. The molecule has 33 heavy (non-hydrogen) atoms. The number of hydrogen-bond donors (Lipinski definition) is 0. The summed E-state index contributed by atoms with van der Waals surface area (Å²) in [6.07, 6.45) is -4.32. The molecule has 0 bridgehead atoms. The highest BCUT2D eigenvalue weighted by Gasteiger charge is 2.32. The van der Waals surface area contributed by atoms with E-state index < -0.39 is 27.6 Å². The van der Waals surface area contributed by atoms with Crippen molar-refractivity contribution in [3.8, 4) is 0 Å². The molecule has 1 fully saturated rings. The average molecular weight is 501 g/mol. The first-order valence-corrected chi connectivity index (χ1v) is 12.5. The van der Waals surface area contributed by atoms with Gasteiger partial charge < -0.3 is 4.90 Å². The van der Waals surface area contributed by atoms with Crippen LogP contribution in [-0.4, -0.2) is 56.1 Å². The summed E-state index contributed by atoms with van der Waals surface area (Å²) >= 11 is 1.38. The quantitative estimate of drug-likeness (QED) is 0.366. The number of Topliss-reactive ketones (excluding diaryl/α,β-unsaturated/α-hetero) is 1. The predicted molar refractivity (Wildman–Crippen MR) is 117 cm³/mol. The first kappa shape index (κ1) is 23.8. The molecule has 1 saturated heterocycles. The lowest BCUT2D eigenvalue weighted by Gasteiger charge is -2.33. The lowest BCUT2D eigenvalue weighted by Crippen LogP contribution is -2.48. The molecule has 0 atom stereocenters. The molecule has 3 aromatic rings. The third-order valence-corrected chi connectivity index (χ3v) is 8.52. The van der Waals surface area contributed by atoms with E-state index in [2.05, 4.69) is 0 Å². The van der Waals surface area contributed by atoms with Crippen LogP contribution in [0.2, 0.25) is 0 Å². The normalized spacial score (nSPS) is 16.4. The smallest absolute Gasteiger partial charge is 0.300 e. The zero-order chi connectivity index (χ0) is 23.8. The molecule has 0 saturated carbocycles. The molecule has 0 radical (unpaired) electrons. The summed E-state index contributed by atoms with van der Waals surface area (Å²) in [4.78, 5) is 14.4. The van der Waals surface area contributed by atoms with Crippen LogP contribution in [0.1, 0.15) is 22.3 Å². The summed E-state index contributed by atoms with van der Waals surface area (Å²) in [7, 11) is -3.90. The van der Waals surface area contributed by atoms with Crippen molar-refractivity contribution in [1.29, 1.82) is 0 Å². The second kappa shape index (κ2) is 9.13. The number of ketones is 1. The van der Waals surface area contributed by atoms with Crippen molar-refractivity contribution >= 4 is 37.2 Å². The van der Waals surface area contributed by atoms with Gasteiger partial charge >= 0.3 is 6.18 Å². The summed E-state index contributed by atoms with van der Waals surface area (Å²) in [5, 5.41) is 2.32. The number of hydrogen-bond acceptors (Lipinski definition) is 5. The first-order chi connectivity index (χ1) is 15.6. The minimum Gasteiger partial charge on any atom is -0.300 e. The van der Waals surface area contributed by atoms with E-state index >= 15 is 0 Å². The maximum atomic E-state index is 13.5. The molecule has 1 aliphatic heterocycles. The standard InChI is InChI=1S/C22H20F4N2O3S2/c23-16-3-6-21-18(13-16)19(14-32-21)20(29)7-8-27-9-11-28(12-10-27)33(30,31)17-4-1-15(2-5-17)22(24,25)26/h1-6,13-14H,7-12H2. The Bertz CT molecular complexity index is 1260. The lowest BCUT2D eigenvalue weighted by molar-refractivity contribution is -0.137. The number of nitrogens with zero attached hydrogens (tertiary/aromatic N) is 2. The Kier molecular flexibility index (Phi) is 6.59. The highest BCUT2D eigenvalue weighted by atomic mass is 32.2. The number of rotatable bonds is 6. The van der Waals surface area contributed by atoms with Crippen LogP contribution in [-0.2, 0) is 16.2 Å². The van der Waals surface area contributed by atoms with Crippen LogP contribution in [0, 0.1) is 5.82 Å². The van der Waals surface area contributed by atoms with Crippen LogP contribution < -0.4 is 0 Å². The molecule has 0 aliphatic carbocycles. The molecule has 2 aromatic carbocycles. The van der Waals surface area contributed by atoms with Gasteiger partial charge in [0.25, 0.3) is 0 Å². The van der Waals surface area contributed by atoms with Crippen LogP contribution in [0.25, 0.3) is 10.1 Å². The van der Waals surface area contributed by atoms with Gasteiger partial charge in [0.1, 0.15) is 5.82 Å². The Balaban J connectivity index is 1.34. The van der Waals surface area contributed by atoms with E-state index in [0.29, 0.717) is 30.6 Å². The van der Waals surface area contributed by atoms with Gasteiger partial charge in [0, 0.05) is 60.2 Å². The van der Waals surface area contributed by atoms with Gasteiger partial charge in [0.15, 0.2) is 5.78 Å². The fourth-order valence-electron chi connectivity index (χ4n) is 3.77. The first-order valence-electron chi connectivity index (χ1n) is 10.2. The Morgan fingerprint density at radius 2 is 1.67 bits per heavy atom. The third-order valence-electron chi connectivity index (χ3n) is 5.64. The van der Waals surface area contributed by atoms with Crippen LogP contribution >= 0.6 is 11.3 Å². The largest absolute Gasteiger partial charge is 0.416 e. The number of fused-ring (bicyclic) bond motifs is 1. The van der Waals surface area contributed by atoms with Gasteiger partial charge in [-0.05, 0) is 42.5 Å². The van der Waals surface area contributed by atoms with Gasteiger partial charge in [-0.15, -0.1) is 11.3 Å². The van der Waals surface area contributed by atoms with Crippen LogP contribution in [0.15, 0.2) is 52.7 Å². The van der Waals surface area contributed by atoms with Gasteiger partial charge in [-0.25, -0.2) is 12.8 Å². The monoisotopic (exact) mass is 500 g/mol. The summed E-state index contributed by atoms with van der Waals surface area (Å²) in [6.45, 7) is 1.56. The van der Waals surface area contributed by atoms with Gasteiger partial charge in [0.05, 0.1) is 10.5 Å². The van der Waals surface area contributed by atoms with E-state index in [0.717, 1.165) is 29.0 Å². The van der Waals surface area contributed by atoms with E-state index in [9.17, 15) is 30.8 Å². The van der Waals surface area contributed by atoms with Crippen molar-refractivity contribution in [3.05, 3.63) is 64.8 Å². The van der Waals surface area contributed by atoms with Crippen LogP contribution in [0.4, 0.5) is 17.6 Å². The molecule has 176 valence electrons. The van der Waals surface area contributed by atoms with Crippen molar-refractivity contribution in [2.75, 3.05) is 32.7 Å². The van der Waals surface area contributed by atoms with Gasteiger partial charge in [-0.3, -0.25) is 4.79 Å². The zero-order valence-corrected chi connectivity index (χ0v) is 18.9. The lowest BCUT2D eigenvalue weighted by atomic mass is 10.1. The Morgan fingerprint density at radius 3 is 2.30 bits per heavy atom. The molecular formula is C22H20F4N2O3S2. The minimum atomic E-state index is -4.53. The van der Waals surface area contributed by atoms with E-state index in [1.54, 1.807) is 11.4 Å². The summed E-state index contributed by atoms with van der Waals surface area (Å²) < 4.78 is 79.3. The molecule has 1 aliphatic rings. The average Bonchev–Trinajstić information content (AvgIpc) is 3.20. The molecular weight excluding hydrogens is 480 g/mol. The van der Waals surface area contributed by atoms with E-state index in [1.807, 2.05) is 4.90 Å². The molecule has 1 aromatic heterocycles. The SMILES string of the molecule is O=C(CCN1CCN(S(=O)(=O)c2ccc(C(F)(F)F)cc2)CC1)c1csc2ccc(F)cc12. The summed E-state index contributed by atoms with van der Waals surface area (Å²) in [6, 6.07) is 7.80. The number of thiophene rings is 1. The van der Waals surface area contributed by atoms with Crippen molar-refractivity contribution in [2.45, 2.75) is 17.5 Å². The topological polar surface area (TPSA) is 57.7 Å². The summed E-state index contributed by atoms with van der Waals surface area (Å²) in [5.74, 6) is -0.507. The zero-order valence-electron chi connectivity index (χ0n) is 17.3. The van der Waals surface area contributed by atoms with Crippen molar-refractivity contribution < 1.29 is 30.8 Å². The van der Waals surface area contributed by atoms with E-state index in [-0.39, 0.29) is 30.2 Å². The van der Waals surface area contributed by atoms with Gasteiger partial charge in [0.2, 0.25) is 10.0 Å². The maximum absolute atomic E-state index is 13.5. The molecule has 0 spiro atoms. The molecule has 0 N–H and O–H groups in total. The fraction of sp³-hybridized carbons (Fsp3) is 0.318. The predicted octanol–water partition coefficient (Wildman–Crippen LogP) is 4.64. The fourth-order valence-corrected chi connectivity index (χ4v) is 6.14. The Hall–Kier alpha value is -2.34. The number of piperazine rings is 1. The third kappa shape index (κ3) is 5.11. The summed E-state index contributed by atoms with van der Waals surface area (Å²) in [5.41, 5.74) is -0.421. The molecule has 0 amide bonds.